The zero-order chi connectivity index (χ0) is 30.0. The second kappa shape index (κ2) is 15.0. The Bertz CT molecular complexity index is 1400. The molecule has 42 heavy (non-hydrogen) atoms. The van der Waals surface area contributed by atoms with Gasteiger partial charge in [0.15, 0.2) is 0 Å². The Morgan fingerprint density at radius 3 is 2.12 bits per heavy atom. The molecule has 0 saturated heterocycles. The van der Waals surface area contributed by atoms with E-state index in [1.807, 2.05) is 36.4 Å². The van der Waals surface area contributed by atoms with Gasteiger partial charge in [0, 0.05) is 32.0 Å². The lowest BCUT2D eigenvalue weighted by molar-refractivity contribution is -0.141. The quantitative estimate of drug-likeness (QED) is 0.285. The minimum Gasteiger partial charge on any atom is -0.352 e. The van der Waals surface area contributed by atoms with E-state index in [0.717, 1.165) is 43.9 Å². The number of sulfonamides is 1. The van der Waals surface area contributed by atoms with Crippen LogP contribution in [-0.2, 0) is 32.6 Å². The number of anilines is 1. The molecule has 0 spiro atoms. The first kappa shape index (κ1) is 31.2. The highest BCUT2D eigenvalue weighted by molar-refractivity contribution is 7.92. The summed E-state index contributed by atoms with van der Waals surface area (Å²) in [5.74, 6) is -0.849. The number of hydrogen-bond donors (Lipinski definition) is 1. The molecule has 3 aromatic rings. The van der Waals surface area contributed by atoms with E-state index in [2.05, 4.69) is 5.32 Å². The molecule has 0 unspecified atom stereocenters. The normalized spacial score (nSPS) is 14.6. The minimum absolute atomic E-state index is 0.0437. The molecule has 4 rings (SSSR count). The van der Waals surface area contributed by atoms with Crippen molar-refractivity contribution in [3.63, 3.8) is 0 Å². The summed E-state index contributed by atoms with van der Waals surface area (Å²) >= 11 is 0. The highest BCUT2D eigenvalue weighted by atomic mass is 32.2. The van der Waals surface area contributed by atoms with E-state index in [0.29, 0.717) is 17.7 Å². The Morgan fingerprint density at radius 2 is 1.50 bits per heavy atom. The molecule has 1 saturated carbocycles. The highest BCUT2D eigenvalue weighted by Gasteiger charge is 2.32. The summed E-state index contributed by atoms with van der Waals surface area (Å²) in [5.41, 5.74) is 2.16. The number of rotatable bonds is 13. The molecule has 1 atom stereocenters. The van der Waals surface area contributed by atoms with E-state index in [1.165, 1.54) is 16.4 Å². The number of nitrogens with one attached hydrogen (secondary N) is 1. The topological polar surface area (TPSA) is 86.8 Å². The third-order valence-corrected chi connectivity index (χ3v) is 8.88. The van der Waals surface area contributed by atoms with Crippen LogP contribution in [0.3, 0.4) is 0 Å². The van der Waals surface area contributed by atoms with Gasteiger partial charge in [0.05, 0.1) is 11.9 Å². The first-order valence-corrected chi connectivity index (χ1v) is 16.5. The van der Waals surface area contributed by atoms with Gasteiger partial charge in [-0.1, -0.05) is 79.9 Å². The van der Waals surface area contributed by atoms with Crippen molar-refractivity contribution in [1.82, 2.24) is 10.2 Å². The van der Waals surface area contributed by atoms with Gasteiger partial charge in [-0.2, -0.15) is 0 Å². The van der Waals surface area contributed by atoms with Crippen LogP contribution in [0.5, 0.6) is 0 Å². The van der Waals surface area contributed by atoms with Crippen LogP contribution in [0.1, 0.15) is 56.1 Å². The van der Waals surface area contributed by atoms with Crippen LogP contribution in [0.15, 0.2) is 84.9 Å². The molecule has 9 heteroatoms. The minimum atomic E-state index is -3.57. The lowest BCUT2D eigenvalue weighted by Gasteiger charge is -2.34. The molecular weight excluding hydrogens is 553 g/mol. The molecule has 1 aliphatic rings. The highest BCUT2D eigenvalue weighted by Crippen LogP contribution is 2.22. The van der Waals surface area contributed by atoms with Crippen molar-refractivity contribution in [1.29, 1.82) is 0 Å². The molecule has 0 aliphatic heterocycles. The van der Waals surface area contributed by atoms with Gasteiger partial charge >= 0.3 is 0 Å². The molecule has 0 aromatic heterocycles. The number of halogens is 1. The second-order valence-corrected chi connectivity index (χ2v) is 12.9. The first-order chi connectivity index (χ1) is 20.2. The molecule has 1 aliphatic carbocycles. The number of hydrogen-bond acceptors (Lipinski definition) is 4. The van der Waals surface area contributed by atoms with E-state index in [4.69, 9.17) is 0 Å². The third-order valence-electron chi connectivity index (χ3n) is 7.69. The maximum atomic E-state index is 13.9. The van der Waals surface area contributed by atoms with Gasteiger partial charge in [0.25, 0.3) is 0 Å². The largest absolute Gasteiger partial charge is 0.352 e. The predicted molar refractivity (Wildman–Crippen MR) is 164 cm³/mol. The molecule has 1 N–H and O–H groups in total. The van der Waals surface area contributed by atoms with E-state index in [1.54, 1.807) is 41.3 Å². The van der Waals surface area contributed by atoms with Crippen LogP contribution < -0.4 is 9.62 Å². The zero-order valence-corrected chi connectivity index (χ0v) is 24.9. The number of carbonyl (C=O) groups excluding carboxylic acids is 2. The molecule has 3 aromatic carbocycles. The van der Waals surface area contributed by atoms with Crippen LogP contribution >= 0.6 is 0 Å². The van der Waals surface area contributed by atoms with E-state index >= 15 is 0 Å². The van der Waals surface area contributed by atoms with Gasteiger partial charge in [-0.3, -0.25) is 13.9 Å². The van der Waals surface area contributed by atoms with Gasteiger partial charge in [-0.05, 0) is 54.7 Å². The standard InChI is InChI=1S/C33H40FN3O4S/c1-42(40,41)37(30-16-9-4-10-17-30)23-11-18-32(38)36(25-27-19-21-28(34)22-20-27)31(24-26-12-5-2-6-13-26)33(39)35-29-14-7-3-8-15-29/h2,4-6,9-10,12-13,16-17,19-22,29,31H,3,7-8,11,14-15,18,23-25H2,1H3,(H,35,39)/t31-/m0/s1. The van der Waals surface area contributed by atoms with Crippen LogP contribution in [0.2, 0.25) is 0 Å². The van der Waals surface area contributed by atoms with Gasteiger partial charge in [-0.15, -0.1) is 0 Å². The summed E-state index contributed by atoms with van der Waals surface area (Å²) < 4.78 is 40.1. The van der Waals surface area contributed by atoms with Gasteiger partial charge in [0.2, 0.25) is 21.8 Å². The average Bonchev–Trinajstić information content (AvgIpc) is 2.99. The van der Waals surface area contributed by atoms with Crippen LogP contribution in [0.25, 0.3) is 0 Å². The fourth-order valence-electron chi connectivity index (χ4n) is 5.48. The Morgan fingerprint density at radius 1 is 0.881 bits per heavy atom. The van der Waals surface area contributed by atoms with Crippen LogP contribution in [0, 0.1) is 5.82 Å². The summed E-state index contributed by atoms with van der Waals surface area (Å²) in [6.45, 7) is 0.250. The lowest BCUT2D eigenvalue weighted by atomic mass is 9.94. The maximum Gasteiger partial charge on any atom is 0.243 e. The second-order valence-electron chi connectivity index (χ2n) is 11.0. The molecule has 2 amide bonds. The summed E-state index contributed by atoms with van der Waals surface area (Å²) in [6.07, 6.45) is 6.88. The third kappa shape index (κ3) is 9.14. The molecular formula is C33H40FN3O4S. The Balaban J connectivity index is 1.58. The molecule has 0 radical (unpaired) electrons. The van der Waals surface area contributed by atoms with Gasteiger partial charge in [-0.25, -0.2) is 12.8 Å². The smallest absolute Gasteiger partial charge is 0.243 e. The summed E-state index contributed by atoms with van der Waals surface area (Å²) in [5, 5.41) is 3.20. The average molecular weight is 594 g/mol. The van der Waals surface area contributed by atoms with Crippen LogP contribution in [-0.4, -0.2) is 50.0 Å². The fraction of sp³-hybridized carbons (Fsp3) is 0.394. The molecule has 0 bridgehead atoms. The van der Waals surface area contributed by atoms with Crippen molar-refractivity contribution in [2.24, 2.45) is 0 Å². The predicted octanol–water partition coefficient (Wildman–Crippen LogP) is 5.46. The van der Waals surface area contributed by atoms with Crippen molar-refractivity contribution >= 4 is 27.5 Å². The van der Waals surface area contributed by atoms with Crippen molar-refractivity contribution in [2.45, 2.75) is 70.0 Å². The number of carbonyl (C=O) groups is 2. The molecule has 1 fully saturated rings. The number of amides is 2. The molecule has 224 valence electrons. The molecule has 0 heterocycles. The van der Waals surface area contributed by atoms with E-state index < -0.39 is 16.1 Å². The van der Waals surface area contributed by atoms with Gasteiger partial charge < -0.3 is 10.2 Å². The lowest BCUT2D eigenvalue weighted by Crippen LogP contribution is -2.52. The summed E-state index contributed by atoms with van der Waals surface area (Å²) in [4.78, 5) is 29.3. The van der Waals surface area contributed by atoms with Crippen LogP contribution in [0.4, 0.5) is 10.1 Å². The van der Waals surface area contributed by atoms with Crippen molar-refractivity contribution in [2.75, 3.05) is 17.1 Å². The number of nitrogens with zero attached hydrogens (tertiary/aromatic N) is 2. The number of benzene rings is 3. The molecule has 7 nitrogen and oxygen atoms in total. The van der Waals surface area contributed by atoms with Crippen molar-refractivity contribution < 1.29 is 22.4 Å². The van der Waals surface area contributed by atoms with Crippen molar-refractivity contribution in [3.05, 3.63) is 102 Å². The summed E-state index contributed by atoms with van der Waals surface area (Å²) in [6, 6.07) is 23.6. The maximum absolute atomic E-state index is 13.9. The number of para-hydroxylation sites is 1. The first-order valence-electron chi connectivity index (χ1n) is 14.6. The Hall–Kier alpha value is -3.72. The van der Waals surface area contributed by atoms with Crippen molar-refractivity contribution in [3.8, 4) is 0 Å². The van der Waals surface area contributed by atoms with E-state index in [-0.39, 0.29) is 49.6 Å². The Kier molecular flexibility index (Phi) is 11.1. The SMILES string of the molecule is CS(=O)(=O)N(CCCC(=O)N(Cc1ccc(F)cc1)[C@@H](Cc1ccccc1)C(=O)NC1CCCCC1)c1ccccc1. The van der Waals surface area contributed by atoms with E-state index in [9.17, 15) is 22.4 Å². The fourth-order valence-corrected chi connectivity index (χ4v) is 6.45. The zero-order valence-electron chi connectivity index (χ0n) is 24.1. The summed E-state index contributed by atoms with van der Waals surface area (Å²) in [7, 11) is -3.57. The Labute approximate surface area is 248 Å². The monoisotopic (exact) mass is 593 g/mol. The van der Waals surface area contributed by atoms with Gasteiger partial charge in [0.1, 0.15) is 11.9 Å².